The Labute approximate surface area is 67.5 Å². The quantitative estimate of drug-likeness (QED) is 0.542. The van der Waals surface area contributed by atoms with Crippen molar-refractivity contribution in [1.29, 1.82) is 0 Å². The molecule has 11 heavy (non-hydrogen) atoms. The van der Waals surface area contributed by atoms with Crippen LogP contribution in [0.25, 0.3) is 0 Å². The maximum atomic E-state index is 10.9. The van der Waals surface area contributed by atoms with Crippen LogP contribution in [0.1, 0.15) is 20.3 Å². The second-order valence-electron chi connectivity index (χ2n) is 2.54. The average Bonchev–Trinajstić information content (AvgIpc) is 2.00. The Morgan fingerprint density at radius 1 is 1.64 bits per heavy atom. The molecule has 0 aromatic heterocycles. The third kappa shape index (κ3) is 5.66. The highest BCUT2D eigenvalue weighted by atomic mass is 16.2. The number of carbonyl (C=O) groups excluding carboxylic acids is 1. The molecule has 1 unspecified atom stereocenters. The van der Waals surface area contributed by atoms with E-state index in [0.717, 1.165) is 6.42 Å². The molecule has 0 rings (SSSR count). The van der Waals surface area contributed by atoms with Crippen molar-refractivity contribution < 1.29 is 4.79 Å². The SMILES string of the molecule is CCCNC(=O)NC(C)CN. The number of hydrogen-bond acceptors (Lipinski definition) is 2. The average molecular weight is 159 g/mol. The number of urea groups is 1. The topological polar surface area (TPSA) is 67.2 Å². The van der Waals surface area contributed by atoms with Gasteiger partial charge in [-0.2, -0.15) is 0 Å². The summed E-state index contributed by atoms with van der Waals surface area (Å²) in [5.41, 5.74) is 5.31. The second-order valence-corrected chi connectivity index (χ2v) is 2.54. The number of rotatable bonds is 4. The van der Waals surface area contributed by atoms with E-state index in [0.29, 0.717) is 13.1 Å². The minimum absolute atomic E-state index is 0.0480. The summed E-state index contributed by atoms with van der Waals surface area (Å²) in [5, 5.41) is 5.38. The number of hydrogen-bond donors (Lipinski definition) is 3. The van der Waals surface area contributed by atoms with E-state index in [1.165, 1.54) is 0 Å². The van der Waals surface area contributed by atoms with Crippen LogP contribution in [0, 0.1) is 0 Å². The normalized spacial score (nSPS) is 12.3. The van der Waals surface area contributed by atoms with Gasteiger partial charge in [0.05, 0.1) is 0 Å². The summed E-state index contributed by atoms with van der Waals surface area (Å²) in [5.74, 6) is 0. The van der Waals surface area contributed by atoms with E-state index >= 15 is 0 Å². The molecule has 0 heterocycles. The van der Waals surface area contributed by atoms with Crippen LogP contribution in [0.15, 0.2) is 0 Å². The second kappa shape index (κ2) is 5.97. The highest BCUT2D eigenvalue weighted by Crippen LogP contribution is 1.76. The van der Waals surface area contributed by atoms with Crippen molar-refractivity contribution in [3.8, 4) is 0 Å². The third-order valence-corrected chi connectivity index (χ3v) is 1.27. The fourth-order valence-electron chi connectivity index (χ4n) is 0.572. The Morgan fingerprint density at radius 3 is 2.73 bits per heavy atom. The van der Waals surface area contributed by atoms with Crippen LogP contribution in [-0.2, 0) is 0 Å². The summed E-state index contributed by atoms with van der Waals surface area (Å²) in [4.78, 5) is 10.9. The van der Waals surface area contributed by atoms with E-state index < -0.39 is 0 Å². The molecular weight excluding hydrogens is 142 g/mol. The van der Waals surface area contributed by atoms with Crippen LogP contribution < -0.4 is 16.4 Å². The first-order valence-electron chi connectivity index (χ1n) is 3.95. The molecule has 0 bridgehead atoms. The molecule has 0 aliphatic heterocycles. The van der Waals surface area contributed by atoms with Gasteiger partial charge in [0.15, 0.2) is 0 Å². The summed E-state index contributed by atoms with van der Waals surface area (Å²) in [6.07, 6.45) is 0.949. The van der Waals surface area contributed by atoms with Gasteiger partial charge in [0.1, 0.15) is 0 Å². The van der Waals surface area contributed by atoms with Gasteiger partial charge >= 0.3 is 6.03 Å². The Morgan fingerprint density at radius 2 is 2.27 bits per heavy atom. The zero-order valence-electron chi connectivity index (χ0n) is 7.18. The minimum Gasteiger partial charge on any atom is -0.338 e. The van der Waals surface area contributed by atoms with E-state index in [1.54, 1.807) is 0 Å². The van der Waals surface area contributed by atoms with E-state index in [1.807, 2.05) is 13.8 Å². The summed E-state index contributed by atoms with van der Waals surface area (Å²) in [6.45, 7) is 5.06. The molecule has 4 N–H and O–H groups in total. The Kier molecular flexibility index (Phi) is 5.56. The maximum absolute atomic E-state index is 10.9. The van der Waals surface area contributed by atoms with Crippen molar-refractivity contribution in [3.63, 3.8) is 0 Å². The molecule has 4 heteroatoms. The monoisotopic (exact) mass is 159 g/mol. The lowest BCUT2D eigenvalue weighted by Gasteiger charge is -2.11. The molecule has 0 saturated carbocycles. The number of amides is 2. The molecule has 0 radical (unpaired) electrons. The molecule has 0 saturated heterocycles. The number of nitrogens with two attached hydrogens (primary N) is 1. The van der Waals surface area contributed by atoms with Gasteiger partial charge in [-0.05, 0) is 13.3 Å². The van der Waals surface area contributed by atoms with Gasteiger partial charge in [-0.25, -0.2) is 4.79 Å². The molecule has 66 valence electrons. The lowest BCUT2D eigenvalue weighted by atomic mass is 10.3. The smallest absolute Gasteiger partial charge is 0.315 e. The number of carbonyl (C=O) groups is 1. The molecule has 0 aliphatic rings. The van der Waals surface area contributed by atoms with Gasteiger partial charge < -0.3 is 16.4 Å². The van der Waals surface area contributed by atoms with Crippen LogP contribution in [0.4, 0.5) is 4.79 Å². The van der Waals surface area contributed by atoms with Gasteiger partial charge in [-0.1, -0.05) is 6.92 Å². The molecule has 4 nitrogen and oxygen atoms in total. The first kappa shape index (κ1) is 10.2. The summed E-state index contributed by atoms with van der Waals surface area (Å²) in [7, 11) is 0. The largest absolute Gasteiger partial charge is 0.338 e. The van der Waals surface area contributed by atoms with Gasteiger partial charge in [-0.15, -0.1) is 0 Å². The molecular formula is C7H17N3O. The van der Waals surface area contributed by atoms with E-state index in [2.05, 4.69) is 10.6 Å². The molecule has 0 aliphatic carbocycles. The van der Waals surface area contributed by atoms with Crippen molar-refractivity contribution in [2.75, 3.05) is 13.1 Å². The van der Waals surface area contributed by atoms with Gasteiger partial charge in [0.2, 0.25) is 0 Å². The fourth-order valence-corrected chi connectivity index (χ4v) is 0.572. The third-order valence-electron chi connectivity index (χ3n) is 1.27. The van der Waals surface area contributed by atoms with Crippen molar-refractivity contribution in [1.82, 2.24) is 10.6 Å². The fraction of sp³-hybridized carbons (Fsp3) is 0.857. The van der Waals surface area contributed by atoms with Crippen molar-refractivity contribution in [2.24, 2.45) is 5.73 Å². The minimum atomic E-state index is -0.134. The predicted molar refractivity (Wildman–Crippen MR) is 45.3 cm³/mol. The highest BCUT2D eigenvalue weighted by Gasteiger charge is 2.02. The van der Waals surface area contributed by atoms with Crippen LogP contribution in [0.5, 0.6) is 0 Å². The van der Waals surface area contributed by atoms with E-state index in [4.69, 9.17) is 5.73 Å². The predicted octanol–water partition coefficient (Wildman–Crippen LogP) is 0.0428. The lowest BCUT2D eigenvalue weighted by Crippen LogP contribution is -2.44. The Hall–Kier alpha value is -0.770. The summed E-state index contributed by atoms with van der Waals surface area (Å²) >= 11 is 0. The van der Waals surface area contributed by atoms with Crippen molar-refractivity contribution in [3.05, 3.63) is 0 Å². The van der Waals surface area contributed by atoms with Crippen LogP contribution >= 0.6 is 0 Å². The Bertz CT molecular complexity index is 116. The lowest BCUT2D eigenvalue weighted by molar-refractivity contribution is 0.238. The van der Waals surface area contributed by atoms with Crippen molar-refractivity contribution in [2.45, 2.75) is 26.3 Å². The number of nitrogens with one attached hydrogen (secondary N) is 2. The van der Waals surface area contributed by atoms with E-state index in [9.17, 15) is 4.79 Å². The molecule has 0 fully saturated rings. The van der Waals surface area contributed by atoms with Gasteiger partial charge in [0.25, 0.3) is 0 Å². The summed E-state index contributed by atoms with van der Waals surface area (Å²) < 4.78 is 0. The molecule has 0 spiro atoms. The van der Waals surface area contributed by atoms with Crippen LogP contribution in [-0.4, -0.2) is 25.2 Å². The molecule has 0 aromatic rings. The zero-order chi connectivity index (χ0) is 8.69. The van der Waals surface area contributed by atoms with Gasteiger partial charge in [-0.3, -0.25) is 0 Å². The molecule has 0 aromatic carbocycles. The van der Waals surface area contributed by atoms with Crippen molar-refractivity contribution >= 4 is 6.03 Å². The van der Waals surface area contributed by atoms with Crippen LogP contribution in [0.2, 0.25) is 0 Å². The van der Waals surface area contributed by atoms with Gasteiger partial charge in [0, 0.05) is 19.1 Å². The summed E-state index contributed by atoms with van der Waals surface area (Å²) in [6, 6.07) is -0.0864. The first-order valence-corrected chi connectivity index (χ1v) is 3.95. The zero-order valence-corrected chi connectivity index (χ0v) is 7.18. The standard InChI is InChI=1S/C7H17N3O/c1-3-4-9-7(11)10-6(2)5-8/h6H,3-5,8H2,1-2H3,(H2,9,10,11). The van der Waals surface area contributed by atoms with E-state index in [-0.39, 0.29) is 12.1 Å². The first-order chi connectivity index (χ1) is 5.20. The maximum Gasteiger partial charge on any atom is 0.315 e. The van der Waals surface area contributed by atoms with Crippen LogP contribution in [0.3, 0.4) is 0 Å². The Balaban J connectivity index is 3.36. The highest BCUT2D eigenvalue weighted by molar-refractivity contribution is 5.74. The molecule has 2 amide bonds. The molecule has 1 atom stereocenters.